The Hall–Kier alpha value is -2.88. The van der Waals surface area contributed by atoms with E-state index in [2.05, 4.69) is 26.5 Å². The lowest BCUT2D eigenvalue weighted by molar-refractivity contribution is -0.119. The second-order valence-corrected chi connectivity index (χ2v) is 10.2. The predicted molar refractivity (Wildman–Crippen MR) is 134 cm³/mol. The minimum Gasteiger partial charge on any atom is -0.489 e. The summed E-state index contributed by atoms with van der Waals surface area (Å²) in [7, 11) is -3.68. The molecule has 3 aromatic carbocycles. The van der Waals surface area contributed by atoms with Gasteiger partial charge in [-0.3, -0.25) is 9.10 Å². The molecule has 0 bridgehead atoms. The standard InChI is InChI=1S/C23H21BrClN3O4S/c1-33(30,31)28(22-5-3-2-4-21(22)24)15-23(29)27-26-14-17-8-12-20(13-9-17)32-16-18-6-10-19(25)11-7-18/h2-14H,15-16H2,1H3,(H,27,29)/b26-14-. The first-order chi connectivity index (χ1) is 15.7. The van der Waals surface area contributed by atoms with Crippen LogP contribution in [0.5, 0.6) is 5.75 Å². The SMILES string of the molecule is CS(=O)(=O)N(CC(=O)N/N=C\c1ccc(OCc2ccc(Cl)cc2)cc1)c1ccccc1Br. The number of carbonyl (C=O) groups is 1. The molecule has 0 heterocycles. The van der Waals surface area contributed by atoms with Crippen molar-refractivity contribution in [2.75, 3.05) is 17.1 Å². The van der Waals surface area contributed by atoms with E-state index in [9.17, 15) is 13.2 Å². The normalized spacial score (nSPS) is 11.4. The molecule has 172 valence electrons. The van der Waals surface area contributed by atoms with Crippen LogP contribution in [0.2, 0.25) is 5.02 Å². The molecule has 0 aliphatic rings. The second-order valence-electron chi connectivity index (χ2n) is 7.00. The van der Waals surface area contributed by atoms with Gasteiger partial charge in [-0.15, -0.1) is 0 Å². The Bertz CT molecular complexity index is 1230. The molecule has 1 amide bonds. The third-order valence-corrected chi connectivity index (χ3v) is 6.46. The predicted octanol–water partition coefficient (Wildman–Crippen LogP) is 4.60. The van der Waals surface area contributed by atoms with Gasteiger partial charge in [0.15, 0.2) is 0 Å². The number of rotatable bonds is 9. The van der Waals surface area contributed by atoms with Crippen molar-refractivity contribution in [3.63, 3.8) is 0 Å². The van der Waals surface area contributed by atoms with Crippen LogP contribution < -0.4 is 14.5 Å². The summed E-state index contributed by atoms with van der Waals surface area (Å²) in [5.74, 6) is 0.110. The molecule has 0 aliphatic carbocycles. The first-order valence-electron chi connectivity index (χ1n) is 9.74. The summed E-state index contributed by atoms with van der Waals surface area (Å²) in [4.78, 5) is 12.3. The summed E-state index contributed by atoms with van der Waals surface area (Å²) in [6.45, 7) is 0.00525. The highest BCUT2D eigenvalue weighted by Crippen LogP contribution is 2.27. The molecule has 3 rings (SSSR count). The number of anilines is 1. The van der Waals surface area contributed by atoms with E-state index in [-0.39, 0.29) is 0 Å². The van der Waals surface area contributed by atoms with Crippen molar-refractivity contribution in [3.8, 4) is 5.75 Å². The molecule has 3 aromatic rings. The van der Waals surface area contributed by atoms with Crippen molar-refractivity contribution in [3.05, 3.63) is 93.4 Å². The molecule has 10 heteroatoms. The molecule has 0 saturated heterocycles. The summed E-state index contributed by atoms with van der Waals surface area (Å²) in [6.07, 6.45) is 2.50. The lowest BCUT2D eigenvalue weighted by Crippen LogP contribution is -2.39. The summed E-state index contributed by atoms with van der Waals surface area (Å²) in [6, 6.07) is 21.3. The number of nitrogens with zero attached hydrogens (tertiary/aromatic N) is 2. The third-order valence-electron chi connectivity index (χ3n) is 4.41. The quantitative estimate of drug-likeness (QED) is 0.312. The van der Waals surface area contributed by atoms with E-state index >= 15 is 0 Å². The smallest absolute Gasteiger partial charge is 0.260 e. The van der Waals surface area contributed by atoms with Crippen LogP contribution in [0.4, 0.5) is 5.69 Å². The van der Waals surface area contributed by atoms with E-state index in [1.54, 1.807) is 48.5 Å². The zero-order valence-corrected chi connectivity index (χ0v) is 20.8. The number of sulfonamides is 1. The molecule has 0 fully saturated rings. The Morgan fingerprint density at radius 1 is 1.09 bits per heavy atom. The van der Waals surface area contributed by atoms with E-state index in [1.807, 2.05) is 24.3 Å². The highest BCUT2D eigenvalue weighted by atomic mass is 79.9. The van der Waals surface area contributed by atoms with Gasteiger partial charge in [0, 0.05) is 9.50 Å². The van der Waals surface area contributed by atoms with Gasteiger partial charge in [0.05, 0.1) is 18.2 Å². The minimum absolute atomic E-state index is 0.369. The molecule has 1 N–H and O–H groups in total. The lowest BCUT2D eigenvalue weighted by atomic mass is 10.2. The fraction of sp³-hybridized carbons (Fsp3) is 0.130. The largest absolute Gasteiger partial charge is 0.489 e. The number of amides is 1. The summed E-state index contributed by atoms with van der Waals surface area (Å²) < 4.78 is 31.7. The van der Waals surface area contributed by atoms with Crippen LogP contribution in [0, 0.1) is 0 Å². The minimum atomic E-state index is -3.68. The molecule has 0 aliphatic heterocycles. The Balaban J connectivity index is 1.55. The number of hydrogen-bond acceptors (Lipinski definition) is 5. The van der Waals surface area contributed by atoms with Crippen molar-refractivity contribution in [1.29, 1.82) is 0 Å². The number of carbonyl (C=O) groups excluding carboxylic acids is 1. The molecule has 33 heavy (non-hydrogen) atoms. The first kappa shape index (κ1) is 24.8. The molecule has 0 spiro atoms. The zero-order chi connectivity index (χ0) is 23.8. The molecular formula is C23H21BrClN3O4S. The fourth-order valence-electron chi connectivity index (χ4n) is 2.78. The average molecular weight is 551 g/mol. The summed E-state index contributed by atoms with van der Waals surface area (Å²) >= 11 is 9.19. The first-order valence-corrected chi connectivity index (χ1v) is 12.8. The van der Waals surface area contributed by atoms with Gasteiger partial charge in [-0.1, -0.05) is 35.9 Å². The van der Waals surface area contributed by atoms with Crippen LogP contribution >= 0.6 is 27.5 Å². The van der Waals surface area contributed by atoms with E-state index in [1.165, 1.54) is 6.21 Å². The second kappa shape index (κ2) is 11.3. The van der Waals surface area contributed by atoms with Crippen LogP contribution in [-0.4, -0.2) is 33.3 Å². The van der Waals surface area contributed by atoms with Crippen molar-refractivity contribution >= 4 is 55.4 Å². The van der Waals surface area contributed by atoms with Gasteiger partial charge in [-0.05, 0) is 75.6 Å². The fourth-order valence-corrected chi connectivity index (χ4v) is 4.39. The van der Waals surface area contributed by atoms with Gasteiger partial charge >= 0.3 is 0 Å². The number of benzene rings is 3. The van der Waals surface area contributed by atoms with Crippen molar-refractivity contribution in [2.24, 2.45) is 5.10 Å². The molecule has 0 aromatic heterocycles. The van der Waals surface area contributed by atoms with Gasteiger partial charge < -0.3 is 4.74 Å². The molecule has 0 unspecified atom stereocenters. The van der Waals surface area contributed by atoms with Crippen LogP contribution in [0.25, 0.3) is 0 Å². The Morgan fingerprint density at radius 2 is 1.76 bits per heavy atom. The van der Waals surface area contributed by atoms with Crippen molar-refractivity contribution in [1.82, 2.24) is 5.43 Å². The monoisotopic (exact) mass is 549 g/mol. The number of hydrogen-bond donors (Lipinski definition) is 1. The van der Waals surface area contributed by atoms with Crippen molar-refractivity contribution < 1.29 is 17.9 Å². The topological polar surface area (TPSA) is 88.1 Å². The Labute approximate surface area is 206 Å². The van der Waals surface area contributed by atoms with Crippen LogP contribution in [0.1, 0.15) is 11.1 Å². The third kappa shape index (κ3) is 7.59. The van der Waals surface area contributed by atoms with Gasteiger partial charge in [0.2, 0.25) is 10.0 Å². The summed E-state index contributed by atoms with van der Waals surface area (Å²) in [5.41, 5.74) is 4.46. The number of halogens is 2. The molecular weight excluding hydrogens is 530 g/mol. The Morgan fingerprint density at radius 3 is 2.39 bits per heavy atom. The Kier molecular flexibility index (Phi) is 8.49. The molecule has 0 saturated carbocycles. The zero-order valence-electron chi connectivity index (χ0n) is 17.6. The number of ether oxygens (including phenoxy) is 1. The van der Waals surface area contributed by atoms with Crippen molar-refractivity contribution in [2.45, 2.75) is 6.61 Å². The number of nitrogens with one attached hydrogen (secondary N) is 1. The van der Waals surface area contributed by atoms with E-state index in [4.69, 9.17) is 16.3 Å². The van der Waals surface area contributed by atoms with Crippen LogP contribution in [0.3, 0.4) is 0 Å². The maximum Gasteiger partial charge on any atom is 0.260 e. The number of para-hydroxylation sites is 1. The maximum absolute atomic E-state index is 12.3. The highest BCUT2D eigenvalue weighted by Gasteiger charge is 2.22. The van der Waals surface area contributed by atoms with Gasteiger partial charge in [0.25, 0.3) is 5.91 Å². The highest BCUT2D eigenvalue weighted by molar-refractivity contribution is 9.10. The maximum atomic E-state index is 12.3. The molecule has 0 radical (unpaired) electrons. The van der Waals surface area contributed by atoms with Gasteiger partial charge in [0.1, 0.15) is 18.9 Å². The van der Waals surface area contributed by atoms with Crippen LogP contribution in [-0.2, 0) is 21.4 Å². The average Bonchev–Trinajstić information content (AvgIpc) is 2.78. The molecule has 7 nitrogen and oxygen atoms in total. The van der Waals surface area contributed by atoms with Crippen LogP contribution in [0.15, 0.2) is 82.4 Å². The van der Waals surface area contributed by atoms with E-state index in [0.717, 1.165) is 21.7 Å². The lowest BCUT2D eigenvalue weighted by Gasteiger charge is -2.22. The van der Waals surface area contributed by atoms with Gasteiger partial charge in [-0.2, -0.15) is 5.10 Å². The van der Waals surface area contributed by atoms with E-state index in [0.29, 0.717) is 27.5 Å². The van der Waals surface area contributed by atoms with Gasteiger partial charge in [-0.25, -0.2) is 13.8 Å². The molecule has 0 atom stereocenters. The van der Waals surface area contributed by atoms with E-state index < -0.39 is 22.5 Å². The number of hydrazone groups is 1. The summed E-state index contributed by atoms with van der Waals surface area (Å²) in [5, 5.41) is 4.59.